The summed E-state index contributed by atoms with van der Waals surface area (Å²) >= 11 is 0. The number of aromatic nitrogens is 2. The molecule has 0 aliphatic carbocycles. The molecule has 3 nitrogen and oxygen atoms in total. The Morgan fingerprint density at radius 3 is 2.78 bits per heavy atom. The molecule has 0 N–H and O–H groups in total. The second kappa shape index (κ2) is 4.86. The monoisotopic (exact) mass is 239 g/mol. The van der Waals surface area contributed by atoms with Gasteiger partial charge in [0.05, 0.1) is 5.69 Å². The second-order valence-electron chi connectivity index (χ2n) is 4.86. The molecule has 0 bridgehead atoms. The lowest BCUT2D eigenvalue weighted by atomic mass is 10.1. The molecular formula is C15H17N3. The first-order chi connectivity index (χ1) is 8.84. The van der Waals surface area contributed by atoms with E-state index in [-0.39, 0.29) is 0 Å². The first-order valence-corrected chi connectivity index (χ1v) is 6.41. The van der Waals surface area contributed by atoms with E-state index in [0.29, 0.717) is 6.04 Å². The molecule has 0 spiro atoms. The summed E-state index contributed by atoms with van der Waals surface area (Å²) in [7, 11) is 2.19. The van der Waals surface area contributed by atoms with Gasteiger partial charge in [0.25, 0.3) is 0 Å². The van der Waals surface area contributed by atoms with Crippen molar-refractivity contribution < 1.29 is 0 Å². The number of hydrogen-bond acceptors (Lipinski definition) is 3. The lowest BCUT2D eigenvalue weighted by Crippen LogP contribution is -2.17. The van der Waals surface area contributed by atoms with Crippen molar-refractivity contribution in [3.63, 3.8) is 0 Å². The number of hydrogen-bond donors (Lipinski definition) is 0. The van der Waals surface area contributed by atoms with Crippen molar-refractivity contribution in [2.24, 2.45) is 0 Å². The van der Waals surface area contributed by atoms with Crippen LogP contribution in [0.3, 0.4) is 0 Å². The van der Waals surface area contributed by atoms with Crippen LogP contribution in [-0.4, -0.2) is 28.5 Å². The molecule has 1 aliphatic heterocycles. The number of likely N-dealkylation sites (tertiary alicyclic amines) is 1. The zero-order chi connectivity index (χ0) is 12.4. The molecule has 3 heteroatoms. The SMILES string of the molecule is CN1CCC[C@H]1c1ccc(-c2cccnc2)nc1. The second-order valence-corrected chi connectivity index (χ2v) is 4.86. The van der Waals surface area contributed by atoms with Crippen LogP contribution in [0.1, 0.15) is 24.4 Å². The third kappa shape index (κ3) is 2.14. The Balaban J connectivity index is 1.85. The van der Waals surface area contributed by atoms with E-state index in [1.165, 1.54) is 24.9 Å². The number of pyridine rings is 2. The largest absolute Gasteiger partial charge is 0.299 e. The molecule has 1 aliphatic rings. The summed E-state index contributed by atoms with van der Waals surface area (Å²) in [4.78, 5) is 11.1. The van der Waals surface area contributed by atoms with E-state index in [2.05, 4.69) is 34.0 Å². The minimum atomic E-state index is 0.542. The predicted molar refractivity (Wildman–Crippen MR) is 72.1 cm³/mol. The Bertz CT molecular complexity index is 507. The third-order valence-electron chi connectivity index (χ3n) is 3.65. The van der Waals surface area contributed by atoms with Gasteiger partial charge in [-0.3, -0.25) is 14.9 Å². The smallest absolute Gasteiger partial charge is 0.0717 e. The zero-order valence-electron chi connectivity index (χ0n) is 10.6. The minimum Gasteiger partial charge on any atom is -0.299 e. The van der Waals surface area contributed by atoms with Gasteiger partial charge in [-0.05, 0) is 50.2 Å². The van der Waals surface area contributed by atoms with Crippen LogP contribution in [0.15, 0.2) is 42.9 Å². The van der Waals surface area contributed by atoms with Gasteiger partial charge in [-0.2, -0.15) is 0 Å². The molecule has 0 saturated carbocycles. The van der Waals surface area contributed by atoms with Crippen molar-refractivity contribution in [2.75, 3.05) is 13.6 Å². The normalized spacial score (nSPS) is 20.2. The Morgan fingerprint density at radius 2 is 2.17 bits per heavy atom. The molecule has 0 amide bonds. The summed E-state index contributed by atoms with van der Waals surface area (Å²) in [5.74, 6) is 0. The minimum absolute atomic E-state index is 0.542. The number of nitrogens with zero attached hydrogens (tertiary/aromatic N) is 3. The Hall–Kier alpha value is -1.74. The molecule has 18 heavy (non-hydrogen) atoms. The van der Waals surface area contributed by atoms with Crippen molar-refractivity contribution in [2.45, 2.75) is 18.9 Å². The van der Waals surface area contributed by atoms with Gasteiger partial charge in [-0.25, -0.2) is 0 Å². The first kappa shape index (κ1) is 11.4. The highest BCUT2D eigenvalue weighted by Gasteiger charge is 2.22. The van der Waals surface area contributed by atoms with Crippen LogP contribution in [0, 0.1) is 0 Å². The molecule has 0 aromatic carbocycles. The fourth-order valence-electron chi connectivity index (χ4n) is 2.62. The van der Waals surface area contributed by atoms with E-state index in [9.17, 15) is 0 Å². The molecule has 1 saturated heterocycles. The van der Waals surface area contributed by atoms with Gasteiger partial charge in [-0.1, -0.05) is 6.07 Å². The maximum absolute atomic E-state index is 4.56. The van der Waals surface area contributed by atoms with Crippen molar-refractivity contribution >= 4 is 0 Å². The Kier molecular flexibility index (Phi) is 3.07. The van der Waals surface area contributed by atoms with E-state index in [4.69, 9.17) is 0 Å². The highest BCUT2D eigenvalue weighted by Crippen LogP contribution is 2.30. The van der Waals surface area contributed by atoms with Crippen LogP contribution in [0.4, 0.5) is 0 Å². The highest BCUT2D eigenvalue weighted by molar-refractivity contribution is 5.57. The van der Waals surface area contributed by atoms with Crippen LogP contribution >= 0.6 is 0 Å². The fourth-order valence-corrected chi connectivity index (χ4v) is 2.62. The molecule has 0 unspecified atom stereocenters. The van der Waals surface area contributed by atoms with Gasteiger partial charge >= 0.3 is 0 Å². The molecule has 3 heterocycles. The molecule has 2 aromatic rings. The lowest BCUT2D eigenvalue weighted by molar-refractivity contribution is 0.317. The standard InChI is InChI=1S/C15H17N3/c1-18-9-3-5-15(18)13-6-7-14(17-11-13)12-4-2-8-16-10-12/h2,4,6-8,10-11,15H,3,5,9H2,1H3/t15-/m0/s1. The maximum atomic E-state index is 4.56. The van der Waals surface area contributed by atoms with Gasteiger partial charge in [0, 0.05) is 30.2 Å². The predicted octanol–water partition coefficient (Wildman–Crippen LogP) is 2.91. The zero-order valence-corrected chi connectivity index (χ0v) is 10.6. The van der Waals surface area contributed by atoms with Gasteiger partial charge in [0.1, 0.15) is 0 Å². The fraction of sp³-hybridized carbons (Fsp3) is 0.333. The van der Waals surface area contributed by atoms with Crippen LogP contribution in [-0.2, 0) is 0 Å². The Labute approximate surface area is 108 Å². The highest BCUT2D eigenvalue weighted by atomic mass is 15.1. The van der Waals surface area contributed by atoms with Crippen LogP contribution in [0.25, 0.3) is 11.3 Å². The molecule has 2 aromatic heterocycles. The van der Waals surface area contributed by atoms with Gasteiger partial charge < -0.3 is 0 Å². The van der Waals surface area contributed by atoms with Crippen molar-refractivity contribution in [1.29, 1.82) is 0 Å². The van der Waals surface area contributed by atoms with E-state index in [0.717, 1.165) is 11.3 Å². The average Bonchev–Trinajstić information content (AvgIpc) is 2.86. The lowest BCUT2D eigenvalue weighted by Gasteiger charge is -2.19. The van der Waals surface area contributed by atoms with Crippen LogP contribution < -0.4 is 0 Å². The summed E-state index contributed by atoms with van der Waals surface area (Å²) in [6, 6.07) is 8.81. The molecule has 3 rings (SSSR count). The summed E-state index contributed by atoms with van der Waals surface area (Å²) in [6.45, 7) is 1.19. The summed E-state index contributed by atoms with van der Waals surface area (Å²) in [6.07, 6.45) is 8.17. The summed E-state index contributed by atoms with van der Waals surface area (Å²) in [5, 5.41) is 0. The summed E-state index contributed by atoms with van der Waals surface area (Å²) in [5.41, 5.74) is 3.39. The van der Waals surface area contributed by atoms with Crippen LogP contribution in [0.5, 0.6) is 0 Å². The topological polar surface area (TPSA) is 29.0 Å². The maximum Gasteiger partial charge on any atom is 0.0717 e. The van der Waals surface area contributed by atoms with Gasteiger partial charge in [-0.15, -0.1) is 0 Å². The quantitative estimate of drug-likeness (QED) is 0.807. The van der Waals surface area contributed by atoms with Crippen molar-refractivity contribution in [3.8, 4) is 11.3 Å². The summed E-state index contributed by atoms with van der Waals surface area (Å²) < 4.78 is 0. The molecule has 0 radical (unpaired) electrons. The Morgan fingerprint density at radius 1 is 1.22 bits per heavy atom. The van der Waals surface area contributed by atoms with E-state index in [1.807, 2.05) is 24.5 Å². The molecule has 1 atom stereocenters. The van der Waals surface area contributed by atoms with Gasteiger partial charge in [0.15, 0.2) is 0 Å². The van der Waals surface area contributed by atoms with Crippen molar-refractivity contribution in [3.05, 3.63) is 48.4 Å². The van der Waals surface area contributed by atoms with E-state index < -0.39 is 0 Å². The number of rotatable bonds is 2. The molecule has 92 valence electrons. The third-order valence-corrected chi connectivity index (χ3v) is 3.65. The average molecular weight is 239 g/mol. The van der Waals surface area contributed by atoms with Crippen molar-refractivity contribution in [1.82, 2.24) is 14.9 Å². The van der Waals surface area contributed by atoms with Gasteiger partial charge in [0.2, 0.25) is 0 Å². The molecular weight excluding hydrogens is 222 g/mol. The molecule has 1 fully saturated rings. The van der Waals surface area contributed by atoms with Crippen LogP contribution in [0.2, 0.25) is 0 Å². The first-order valence-electron chi connectivity index (χ1n) is 6.41. The van der Waals surface area contributed by atoms with E-state index in [1.54, 1.807) is 6.20 Å². The van der Waals surface area contributed by atoms with E-state index >= 15 is 0 Å².